The fourth-order valence-corrected chi connectivity index (χ4v) is 1.56. The van der Waals surface area contributed by atoms with Gasteiger partial charge < -0.3 is 9.47 Å². The average molecular weight is 233 g/mol. The molecule has 0 saturated heterocycles. The van der Waals surface area contributed by atoms with Crippen LogP contribution in [0, 0.1) is 0 Å². The van der Waals surface area contributed by atoms with Crippen molar-refractivity contribution >= 4 is 18.3 Å². The lowest BCUT2D eigenvalue weighted by atomic mass is 10.1. The van der Waals surface area contributed by atoms with E-state index in [0.29, 0.717) is 12.2 Å². The third-order valence-corrected chi connectivity index (χ3v) is 2.31. The van der Waals surface area contributed by atoms with Gasteiger partial charge in [-0.2, -0.15) is 4.99 Å². The number of hydrogen-bond donors (Lipinski definition) is 0. The number of carbonyl (C=O) groups excluding carboxylic acids is 2. The Morgan fingerprint density at radius 1 is 1.47 bits per heavy atom. The second-order valence-corrected chi connectivity index (χ2v) is 3.60. The zero-order valence-corrected chi connectivity index (χ0v) is 9.25. The van der Waals surface area contributed by atoms with Crippen LogP contribution in [0.25, 0.3) is 0 Å². The van der Waals surface area contributed by atoms with Crippen molar-refractivity contribution in [3.8, 4) is 5.75 Å². The minimum Gasteiger partial charge on any atom is -0.470 e. The van der Waals surface area contributed by atoms with Crippen LogP contribution in [0.1, 0.15) is 12.5 Å². The molecule has 0 bridgehead atoms. The summed E-state index contributed by atoms with van der Waals surface area (Å²) < 4.78 is 10.1. The Labute approximate surface area is 98.1 Å². The fraction of sp³-hybridized carbons (Fsp3) is 0.250. The van der Waals surface area contributed by atoms with Gasteiger partial charge in [-0.05, 0) is 11.6 Å². The van der Waals surface area contributed by atoms with Gasteiger partial charge in [0.2, 0.25) is 0 Å². The zero-order chi connectivity index (χ0) is 12.3. The van der Waals surface area contributed by atoms with Crippen molar-refractivity contribution in [1.29, 1.82) is 0 Å². The van der Waals surface area contributed by atoms with Gasteiger partial charge in [-0.3, -0.25) is 9.59 Å². The lowest BCUT2D eigenvalue weighted by Gasteiger charge is -2.11. The molecule has 1 aliphatic heterocycles. The summed E-state index contributed by atoms with van der Waals surface area (Å²) in [5, 5.41) is 0. The third kappa shape index (κ3) is 2.69. The molecule has 5 heteroatoms. The number of aliphatic imine (C=N–C) groups is 1. The van der Waals surface area contributed by atoms with E-state index in [4.69, 9.17) is 9.47 Å². The number of para-hydroxylation sites is 1. The highest BCUT2D eigenvalue weighted by Gasteiger charge is 2.24. The molecule has 1 amide bonds. The predicted molar refractivity (Wildman–Crippen MR) is 59.8 cm³/mol. The molecule has 88 valence electrons. The van der Waals surface area contributed by atoms with Gasteiger partial charge >= 0.3 is 5.97 Å². The molecule has 17 heavy (non-hydrogen) atoms. The molecule has 0 N–H and O–H groups in total. The Kier molecular flexibility index (Phi) is 3.18. The Hall–Kier alpha value is -2.17. The summed E-state index contributed by atoms with van der Waals surface area (Å²) in [5.74, 6) is -0.265. The summed E-state index contributed by atoms with van der Waals surface area (Å²) >= 11 is 0. The number of nitrogens with zero attached hydrogens (tertiary/aromatic N) is 1. The Morgan fingerprint density at radius 3 is 2.88 bits per heavy atom. The van der Waals surface area contributed by atoms with Crippen molar-refractivity contribution < 1.29 is 19.1 Å². The fourth-order valence-electron chi connectivity index (χ4n) is 1.56. The number of hydrogen-bond acceptors (Lipinski definition) is 4. The van der Waals surface area contributed by atoms with Gasteiger partial charge in [-0.25, -0.2) is 0 Å². The normalized spacial score (nSPS) is 17.9. The number of esters is 1. The third-order valence-electron chi connectivity index (χ3n) is 2.31. The second kappa shape index (κ2) is 4.78. The topological polar surface area (TPSA) is 65.0 Å². The molecule has 1 aromatic rings. The van der Waals surface area contributed by atoms with Crippen LogP contribution in [-0.2, 0) is 20.7 Å². The first-order valence-electron chi connectivity index (χ1n) is 5.15. The minimum absolute atomic E-state index is 0.317. The molecule has 1 heterocycles. The summed E-state index contributed by atoms with van der Waals surface area (Å²) in [7, 11) is 0. The molecule has 5 nitrogen and oxygen atoms in total. The highest BCUT2D eigenvalue weighted by atomic mass is 16.5. The Bertz CT molecular complexity index is 481. The van der Waals surface area contributed by atoms with E-state index in [9.17, 15) is 9.59 Å². The van der Waals surface area contributed by atoms with Gasteiger partial charge in [0.15, 0.2) is 12.5 Å². The first-order chi connectivity index (χ1) is 8.16. The molecule has 0 aromatic heterocycles. The summed E-state index contributed by atoms with van der Waals surface area (Å²) in [5.41, 5.74) is 0.742. The van der Waals surface area contributed by atoms with Crippen LogP contribution < -0.4 is 4.74 Å². The largest absolute Gasteiger partial charge is 0.470 e. The van der Waals surface area contributed by atoms with E-state index in [2.05, 4.69) is 4.99 Å². The molecule has 0 spiro atoms. The van der Waals surface area contributed by atoms with E-state index >= 15 is 0 Å². The van der Waals surface area contributed by atoms with E-state index in [-0.39, 0.29) is 5.91 Å². The number of carbonyl (C=O) groups is 2. The van der Waals surface area contributed by atoms with Crippen molar-refractivity contribution in [3.63, 3.8) is 0 Å². The van der Waals surface area contributed by atoms with Crippen LogP contribution in [0.4, 0.5) is 0 Å². The molecule has 1 aliphatic rings. The average Bonchev–Trinajstić information content (AvgIpc) is 2.67. The number of amides is 1. The molecule has 2 rings (SSSR count). The van der Waals surface area contributed by atoms with Gasteiger partial charge in [0.25, 0.3) is 5.91 Å². The molecular weight excluding hydrogens is 222 g/mol. The van der Waals surface area contributed by atoms with Gasteiger partial charge in [-0.1, -0.05) is 18.2 Å². The van der Waals surface area contributed by atoms with Crippen molar-refractivity contribution in [2.24, 2.45) is 4.99 Å². The van der Waals surface area contributed by atoms with Crippen LogP contribution in [0.3, 0.4) is 0 Å². The monoisotopic (exact) mass is 233 g/mol. The van der Waals surface area contributed by atoms with Crippen LogP contribution in [0.2, 0.25) is 0 Å². The maximum Gasteiger partial charge on any atom is 0.308 e. The van der Waals surface area contributed by atoms with Crippen molar-refractivity contribution in [3.05, 3.63) is 29.8 Å². The van der Waals surface area contributed by atoms with Gasteiger partial charge in [0.05, 0.1) is 0 Å². The minimum atomic E-state index is -0.619. The summed E-state index contributed by atoms with van der Waals surface area (Å²) in [6, 6.07) is 7.03. The molecule has 0 radical (unpaired) electrons. The number of ether oxygens (including phenoxy) is 2. The lowest BCUT2D eigenvalue weighted by molar-refractivity contribution is -0.131. The zero-order valence-electron chi connectivity index (χ0n) is 9.25. The van der Waals surface area contributed by atoms with Gasteiger partial charge in [0, 0.05) is 13.3 Å². The first kappa shape index (κ1) is 11.3. The molecule has 0 saturated carbocycles. The number of benzene rings is 1. The van der Waals surface area contributed by atoms with Gasteiger partial charge in [-0.15, -0.1) is 0 Å². The Morgan fingerprint density at radius 2 is 2.24 bits per heavy atom. The summed E-state index contributed by atoms with van der Waals surface area (Å²) in [4.78, 5) is 25.7. The lowest BCUT2D eigenvalue weighted by Crippen LogP contribution is -2.20. The standard InChI is InChI=1S/C12H11NO4/c1-8(14)17-10-5-3-2-4-9(10)6-11-12(15)13-7-16-11/h2-5,7,11H,6H2,1H3. The molecule has 0 aliphatic carbocycles. The van der Waals surface area contributed by atoms with Crippen molar-refractivity contribution in [2.45, 2.75) is 19.4 Å². The molecular formula is C12H11NO4. The second-order valence-electron chi connectivity index (χ2n) is 3.60. The van der Waals surface area contributed by atoms with Crippen LogP contribution in [-0.4, -0.2) is 24.4 Å². The number of rotatable bonds is 3. The summed E-state index contributed by atoms with van der Waals surface area (Å²) in [6.45, 7) is 1.33. The SMILES string of the molecule is CC(=O)Oc1ccccc1CC1OC=NC1=O. The van der Waals surface area contributed by atoms with E-state index in [1.54, 1.807) is 18.2 Å². The maximum absolute atomic E-state index is 11.3. The maximum atomic E-state index is 11.3. The highest BCUT2D eigenvalue weighted by molar-refractivity contribution is 5.91. The predicted octanol–water partition coefficient (Wildman–Crippen LogP) is 1.11. The van der Waals surface area contributed by atoms with E-state index in [0.717, 1.165) is 12.0 Å². The van der Waals surface area contributed by atoms with E-state index in [1.165, 1.54) is 6.92 Å². The van der Waals surface area contributed by atoms with Crippen molar-refractivity contribution in [1.82, 2.24) is 0 Å². The molecule has 1 aromatic carbocycles. The van der Waals surface area contributed by atoms with E-state index < -0.39 is 12.1 Å². The quantitative estimate of drug-likeness (QED) is 0.579. The highest BCUT2D eigenvalue weighted by Crippen LogP contribution is 2.21. The molecule has 1 unspecified atom stereocenters. The van der Waals surface area contributed by atoms with E-state index in [1.807, 2.05) is 6.07 Å². The Balaban J connectivity index is 2.14. The first-order valence-corrected chi connectivity index (χ1v) is 5.15. The van der Waals surface area contributed by atoms with Gasteiger partial charge in [0.1, 0.15) is 5.75 Å². The van der Waals surface area contributed by atoms with Crippen LogP contribution >= 0.6 is 0 Å². The molecule has 0 fully saturated rings. The smallest absolute Gasteiger partial charge is 0.308 e. The molecule has 1 atom stereocenters. The summed E-state index contributed by atoms with van der Waals surface area (Å²) in [6.07, 6.45) is 0.857. The van der Waals surface area contributed by atoms with Crippen LogP contribution in [0.5, 0.6) is 5.75 Å². The van der Waals surface area contributed by atoms with Crippen LogP contribution in [0.15, 0.2) is 29.3 Å². The van der Waals surface area contributed by atoms with Crippen molar-refractivity contribution in [2.75, 3.05) is 0 Å².